The summed E-state index contributed by atoms with van der Waals surface area (Å²) in [7, 11) is 0. The predicted octanol–water partition coefficient (Wildman–Crippen LogP) is 1.53. The van der Waals surface area contributed by atoms with Crippen LogP contribution in [0.3, 0.4) is 0 Å². The molecule has 1 heterocycles. The lowest BCUT2D eigenvalue weighted by Crippen LogP contribution is -2.17. The molecular formula is C7H16O2. The first-order chi connectivity index (χ1) is 4.39. The van der Waals surface area contributed by atoms with Crippen molar-refractivity contribution in [3.8, 4) is 0 Å². The molecule has 1 saturated heterocycles. The first-order valence-corrected chi connectivity index (χ1v) is 3.69. The average molecular weight is 132 g/mol. The van der Waals surface area contributed by atoms with Gasteiger partial charge in [-0.15, -0.1) is 0 Å². The second kappa shape index (κ2) is 6.05. The Balaban J connectivity index is 0.000000291. The summed E-state index contributed by atoms with van der Waals surface area (Å²) >= 11 is 0. The van der Waals surface area contributed by atoms with E-state index in [-0.39, 0.29) is 0 Å². The van der Waals surface area contributed by atoms with Gasteiger partial charge in [0.1, 0.15) is 0 Å². The molecular weight excluding hydrogens is 116 g/mol. The molecule has 1 atom stereocenters. The highest BCUT2D eigenvalue weighted by atomic mass is 16.6. The van der Waals surface area contributed by atoms with Crippen molar-refractivity contribution in [1.29, 1.82) is 0 Å². The fourth-order valence-electron chi connectivity index (χ4n) is 0.724. The Morgan fingerprint density at radius 3 is 2.22 bits per heavy atom. The van der Waals surface area contributed by atoms with E-state index >= 15 is 0 Å². The summed E-state index contributed by atoms with van der Waals surface area (Å²) in [5, 5.41) is 8.69. The topological polar surface area (TPSA) is 29.5 Å². The van der Waals surface area contributed by atoms with Gasteiger partial charge in [0, 0.05) is 6.61 Å². The molecule has 0 radical (unpaired) electrons. The third-order valence-electron chi connectivity index (χ3n) is 1.16. The van der Waals surface area contributed by atoms with Gasteiger partial charge in [-0.05, 0) is 19.3 Å². The monoisotopic (exact) mass is 132 g/mol. The van der Waals surface area contributed by atoms with E-state index in [9.17, 15) is 0 Å². The highest BCUT2D eigenvalue weighted by Crippen LogP contribution is 2.08. The zero-order chi connectivity index (χ0) is 7.11. The number of aliphatic hydroxyl groups excluding tert-OH is 1. The molecule has 0 aromatic carbocycles. The summed E-state index contributed by atoms with van der Waals surface area (Å²) in [5.41, 5.74) is 0. The maximum atomic E-state index is 8.69. The van der Waals surface area contributed by atoms with Gasteiger partial charge in [0.25, 0.3) is 0 Å². The molecule has 0 unspecified atom stereocenters. The minimum absolute atomic E-state index is 0.464. The quantitative estimate of drug-likeness (QED) is 0.541. The van der Waals surface area contributed by atoms with Crippen LogP contribution < -0.4 is 0 Å². The van der Waals surface area contributed by atoms with Crippen molar-refractivity contribution < 1.29 is 9.84 Å². The molecule has 0 bridgehead atoms. The van der Waals surface area contributed by atoms with E-state index < -0.39 is 6.29 Å². The van der Waals surface area contributed by atoms with Gasteiger partial charge in [-0.25, -0.2) is 0 Å². The molecule has 9 heavy (non-hydrogen) atoms. The van der Waals surface area contributed by atoms with Crippen molar-refractivity contribution in [1.82, 2.24) is 0 Å². The minimum Gasteiger partial charge on any atom is -0.368 e. The fraction of sp³-hybridized carbons (Fsp3) is 1.00. The van der Waals surface area contributed by atoms with Gasteiger partial charge in [0.15, 0.2) is 6.29 Å². The maximum absolute atomic E-state index is 8.69. The molecule has 2 heteroatoms. The third-order valence-corrected chi connectivity index (χ3v) is 1.16. The smallest absolute Gasteiger partial charge is 0.154 e. The van der Waals surface area contributed by atoms with Crippen molar-refractivity contribution in [3.05, 3.63) is 0 Å². The van der Waals surface area contributed by atoms with Crippen LogP contribution in [-0.2, 0) is 4.74 Å². The van der Waals surface area contributed by atoms with Crippen molar-refractivity contribution in [2.75, 3.05) is 6.61 Å². The molecule has 0 amide bonds. The summed E-state index contributed by atoms with van der Waals surface area (Å²) in [6.07, 6.45) is 2.58. The third kappa shape index (κ3) is 4.43. The summed E-state index contributed by atoms with van der Waals surface area (Å²) in [5.74, 6) is 0. The van der Waals surface area contributed by atoms with Crippen LogP contribution in [0.4, 0.5) is 0 Å². The van der Waals surface area contributed by atoms with Crippen molar-refractivity contribution in [2.45, 2.75) is 39.4 Å². The van der Waals surface area contributed by atoms with Crippen molar-refractivity contribution >= 4 is 0 Å². The van der Waals surface area contributed by atoms with Crippen molar-refractivity contribution in [2.24, 2.45) is 0 Å². The molecule has 0 spiro atoms. The zero-order valence-electron chi connectivity index (χ0n) is 6.26. The Labute approximate surface area is 56.8 Å². The van der Waals surface area contributed by atoms with Gasteiger partial charge in [0.05, 0.1) is 0 Å². The second-order valence-electron chi connectivity index (χ2n) is 1.82. The Hall–Kier alpha value is -0.0800. The van der Waals surface area contributed by atoms with E-state index in [4.69, 9.17) is 9.84 Å². The summed E-state index contributed by atoms with van der Waals surface area (Å²) in [6.45, 7) is 4.74. The Morgan fingerprint density at radius 2 is 2.00 bits per heavy atom. The molecule has 1 aliphatic heterocycles. The molecule has 0 saturated carbocycles. The highest BCUT2D eigenvalue weighted by molar-refractivity contribution is 4.50. The van der Waals surface area contributed by atoms with E-state index in [0.717, 1.165) is 25.9 Å². The number of aliphatic hydroxyl groups is 1. The van der Waals surface area contributed by atoms with Crippen LogP contribution in [0.2, 0.25) is 0 Å². The predicted molar refractivity (Wildman–Crippen MR) is 37.2 cm³/mol. The van der Waals surface area contributed by atoms with Gasteiger partial charge in [-0.3, -0.25) is 0 Å². The Kier molecular flexibility index (Phi) is 5.99. The largest absolute Gasteiger partial charge is 0.368 e. The van der Waals surface area contributed by atoms with Crippen LogP contribution in [0, 0.1) is 0 Å². The molecule has 0 aromatic heterocycles. The lowest BCUT2D eigenvalue weighted by Gasteiger charge is -2.16. The zero-order valence-corrected chi connectivity index (χ0v) is 6.26. The molecule has 56 valence electrons. The van der Waals surface area contributed by atoms with Crippen molar-refractivity contribution in [3.63, 3.8) is 0 Å². The lowest BCUT2D eigenvalue weighted by atomic mass is 10.2. The highest BCUT2D eigenvalue weighted by Gasteiger charge is 2.07. The van der Waals surface area contributed by atoms with Gasteiger partial charge in [-0.2, -0.15) is 0 Å². The van der Waals surface area contributed by atoms with E-state index in [1.54, 1.807) is 0 Å². The number of hydrogen-bond donors (Lipinski definition) is 1. The Morgan fingerprint density at radius 1 is 1.33 bits per heavy atom. The number of rotatable bonds is 0. The summed E-state index contributed by atoms with van der Waals surface area (Å²) in [4.78, 5) is 0. The number of hydrogen-bond acceptors (Lipinski definition) is 2. The van der Waals surface area contributed by atoms with Crippen LogP contribution in [0.5, 0.6) is 0 Å². The normalized spacial score (nSPS) is 26.3. The molecule has 1 aliphatic rings. The average Bonchev–Trinajstić information content (AvgIpc) is 1.94. The molecule has 0 aliphatic carbocycles. The molecule has 1 rings (SSSR count). The SMILES string of the molecule is CC.O[C@H]1CCCCO1. The Bertz CT molecular complexity index is 48.9. The first-order valence-electron chi connectivity index (χ1n) is 3.69. The number of ether oxygens (including phenoxy) is 1. The second-order valence-corrected chi connectivity index (χ2v) is 1.82. The molecule has 1 N–H and O–H groups in total. The molecule has 0 aromatic rings. The van der Waals surface area contributed by atoms with Crippen LogP contribution in [0.15, 0.2) is 0 Å². The van der Waals surface area contributed by atoms with Gasteiger partial charge >= 0.3 is 0 Å². The lowest BCUT2D eigenvalue weighted by molar-refractivity contribution is -0.123. The van der Waals surface area contributed by atoms with Crippen LogP contribution in [0.1, 0.15) is 33.1 Å². The van der Waals surface area contributed by atoms with Gasteiger partial charge in [-0.1, -0.05) is 13.8 Å². The van der Waals surface area contributed by atoms with E-state index in [0.29, 0.717) is 0 Å². The van der Waals surface area contributed by atoms with Crippen LogP contribution in [0.25, 0.3) is 0 Å². The minimum atomic E-state index is -0.464. The molecule has 1 fully saturated rings. The standard InChI is InChI=1S/C5H10O2.C2H6/c6-5-3-1-2-4-7-5;1-2/h5-6H,1-4H2;1-2H3/t5-;/m1./s1. The summed E-state index contributed by atoms with van der Waals surface area (Å²) < 4.78 is 4.83. The van der Waals surface area contributed by atoms with E-state index in [2.05, 4.69) is 0 Å². The van der Waals surface area contributed by atoms with Crippen LogP contribution >= 0.6 is 0 Å². The van der Waals surface area contributed by atoms with Gasteiger partial charge in [0.2, 0.25) is 0 Å². The summed E-state index contributed by atoms with van der Waals surface area (Å²) in [6, 6.07) is 0. The van der Waals surface area contributed by atoms with E-state index in [1.807, 2.05) is 13.8 Å². The van der Waals surface area contributed by atoms with E-state index in [1.165, 1.54) is 0 Å². The first kappa shape index (κ1) is 8.92. The molecule has 2 nitrogen and oxygen atoms in total. The van der Waals surface area contributed by atoms with Gasteiger partial charge < -0.3 is 9.84 Å². The van der Waals surface area contributed by atoms with Crippen LogP contribution in [-0.4, -0.2) is 18.0 Å². The maximum Gasteiger partial charge on any atom is 0.154 e. The fourth-order valence-corrected chi connectivity index (χ4v) is 0.724.